The van der Waals surface area contributed by atoms with Crippen molar-refractivity contribution in [3.8, 4) is 0 Å². The number of hydrogen-bond acceptors (Lipinski definition) is 3. The zero-order valence-corrected chi connectivity index (χ0v) is 14.2. The van der Waals surface area contributed by atoms with E-state index in [0.717, 1.165) is 34.1 Å². The van der Waals surface area contributed by atoms with Crippen LogP contribution >= 0.6 is 0 Å². The van der Waals surface area contributed by atoms with Crippen molar-refractivity contribution >= 4 is 22.2 Å². The molecule has 4 heteroatoms. The van der Waals surface area contributed by atoms with Gasteiger partial charge in [0.2, 0.25) is 0 Å². The zero-order chi connectivity index (χ0) is 15.9. The second-order valence-corrected chi connectivity index (χ2v) is 7.24. The van der Waals surface area contributed by atoms with Crippen molar-refractivity contribution < 1.29 is 4.21 Å². The number of fused-ring (bicyclic) bond motifs is 2. The van der Waals surface area contributed by atoms with E-state index in [1.807, 2.05) is 18.2 Å². The Bertz CT molecular complexity index is 755. The highest BCUT2D eigenvalue weighted by molar-refractivity contribution is 7.85. The van der Waals surface area contributed by atoms with Gasteiger partial charge in [-0.1, -0.05) is 12.1 Å². The summed E-state index contributed by atoms with van der Waals surface area (Å²) in [7, 11) is -1.12. The number of rotatable bonds is 3. The number of anilines is 2. The van der Waals surface area contributed by atoms with Crippen LogP contribution in [-0.4, -0.2) is 17.3 Å². The average molecular weight is 314 g/mol. The van der Waals surface area contributed by atoms with E-state index < -0.39 is 10.8 Å². The summed E-state index contributed by atoms with van der Waals surface area (Å²) in [6.45, 7) is 7.85. The lowest BCUT2D eigenvalue weighted by Gasteiger charge is -2.35. The maximum atomic E-state index is 13.0. The number of aryl methyl sites for hydroxylation is 1. The number of para-hydroxylation sites is 1. The summed E-state index contributed by atoms with van der Waals surface area (Å²) in [4.78, 5) is 4.12. The number of nitrogens with two attached hydrogens (primary N) is 1. The van der Waals surface area contributed by atoms with Crippen molar-refractivity contribution in [2.45, 2.75) is 37.0 Å². The molecule has 1 heterocycles. The summed E-state index contributed by atoms with van der Waals surface area (Å²) in [5, 5.41) is 0. The van der Waals surface area contributed by atoms with E-state index >= 15 is 0 Å². The summed E-state index contributed by atoms with van der Waals surface area (Å²) < 4.78 is 13.0. The van der Waals surface area contributed by atoms with E-state index in [1.165, 1.54) is 16.7 Å². The first kappa shape index (κ1) is 15.3. The highest BCUT2D eigenvalue weighted by Crippen LogP contribution is 2.45. The van der Waals surface area contributed by atoms with Crippen LogP contribution in [0.25, 0.3) is 0 Å². The molecule has 2 aromatic rings. The topological polar surface area (TPSA) is 46.3 Å². The second-order valence-electron chi connectivity index (χ2n) is 5.82. The molecule has 2 N–H and O–H groups in total. The standard InChI is InChI=1S/C18H22N2OS/c1-12-11-17-18(14(3)13(12)2)20(10-6-9-19)15-7-4-5-8-16(15)22(17)21/h4-5,7-8,11H,6,9-10,19H2,1-3H3. The first-order valence-electron chi connectivity index (χ1n) is 7.65. The number of hydrogen-bond donors (Lipinski definition) is 1. The fraction of sp³-hybridized carbons (Fsp3) is 0.333. The van der Waals surface area contributed by atoms with E-state index in [4.69, 9.17) is 5.73 Å². The maximum Gasteiger partial charge on any atom is 0.0892 e. The first-order valence-corrected chi connectivity index (χ1v) is 8.80. The van der Waals surface area contributed by atoms with Gasteiger partial charge >= 0.3 is 0 Å². The molecule has 0 radical (unpaired) electrons. The van der Waals surface area contributed by atoms with E-state index in [-0.39, 0.29) is 0 Å². The minimum absolute atomic E-state index is 0.654. The second kappa shape index (κ2) is 5.86. The molecule has 1 unspecified atom stereocenters. The van der Waals surface area contributed by atoms with Gasteiger partial charge in [-0.05, 0) is 68.6 Å². The van der Waals surface area contributed by atoms with Crippen molar-refractivity contribution in [2.24, 2.45) is 5.73 Å². The van der Waals surface area contributed by atoms with Crippen molar-refractivity contribution in [1.29, 1.82) is 0 Å². The van der Waals surface area contributed by atoms with Gasteiger partial charge in [-0.25, -0.2) is 4.21 Å². The molecule has 1 aliphatic rings. The van der Waals surface area contributed by atoms with Crippen molar-refractivity contribution in [1.82, 2.24) is 0 Å². The molecule has 0 saturated heterocycles. The van der Waals surface area contributed by atoms with E-state index in [1.54, 1.807) is 0 Å². The van der Waals surface area contributed by atoms with Crippen LogP contribution < -0.4 is 10.6 Å². The third-order valence-electron chi connectivity index (χ3n) is 4.50. The van der Waals surface area contributed by atoms with Crippen LogP contribution in [0.2, 0.25) is 0 Å². The molecule has 0 amide bonds. The molecule has 1 atom stereocenters. The van der Waals surface area contributed by atoms with Gasteiger partial charge in [0.05, 0.1) is 32.0 Å². The molecule has 22 heavy (non-hydrogen) atoms. The van der Waals surface area contributed by atoms with E-state index in [9.17, 15) is 4.21 Å². The third-order valence-corrected chi connectivity index (χ3v) is 5.96. The van der Waals surface area contributed by atoms with Crippen molar-refractivity contribution in [3.05, 3.63) is 47.0 Å². The van der Waals surface area contributed by atoms with Gasteiger partial charge in [-0.15, -0.1) is 0 Å². The summed E-state index contributed by atoms with van der Waals surface area (Å²) >= 11 is 0. The zero-order valence-electron chi connectivity index (χ0n) is 13.3. The monoisotopic (exact) mass is 314 g/mol. The van der Waals surface area contributed by atoms with Gasteiger partial charge in [0.1, 0.15) is 0 Å². The molecule has 2 aromatic carbocycles. The molecule has 0 fully saturated rings. The summed E-state index contributed by atoms with van der Waals surface area (Å²) in [6, 6.07) is 10.1. The number of nitrogens with zero attached hydrogens (tertiary/aromatic N) is 1. The Morgan fingerprint density at radius 3 is 2.55 bits per heavy atom. The van der Waals surface area contributed by atoms with Gasteiger partial charge in [-0.3, -0.25) is 0 Å². The Morgan fingerprint density at radius 2 is 1.82 bits per heavy atom. The summed E-state index contributed by atoms with van der Waals surface area (Å²) in [5.41, 5.74) is 11.6. The van der Waals surface area contributed by atoms with E-state index in [2.05, 4.69) is 37.8 Å². The Kier molecular flexibility index (Phi) is 4.06. The number of benzene rings is 2. The van der Waals surface area contributed by atoms with Crippen LogP contribution in [-0.2, 0) is 10.8 Å². The van der Waals surface area contributed by atoms with Gasteiger partial charge in [0, 0.05) is 6.54 Å². The first-order chi connectivity index (χ1) is 10.6. The SMILES string of the molecule is Cc1cc2c(c(C)c1C)N(CCCN)c1ccccc1S2=O. The minimum Gasteiger partial charge on any atom is -0.339 e. The predicted molar refractivity (Wildman–Crippen MR) is 92.4 cm³/mol. The third kappa shape index (κ3) is 2.27. The quantitative estimate of drug-likeness (QED) is 0.942. The molecule has 3 rings (SSSR count). The minimum atomic E-state index is -1.12. The fourth-order valence-corrected chi connectivity index (χ4v) is 4.60. The molecule has 0 bridgehead atoms. The molecule has 0 aromatic heterocycles. The lowest BCUT2D eigenvalue weighted by Crippen LogP contribution is -2.27. The molecular weight excluding hydrogens is 292 g/mol. The Hall–Kier alpha value is -1.65. The lowest BCUT2D eigenvalue weighted by atomic mass is 10.0. The van der Waals surface area contributed by atoms with Gasteiger partial charge in [0.15, 0.2) is 0 Å². The molecule has 1 aliphatic heterocycles. The average Bonchev–Trinajstić information content (AvgIpc) is 2.53. The van der Waals surface area contributed by atoms with Crippen LogP contribution in [0.3, 0.4) is 0 Å². The van der Waals surface area contributed by atoms with Crippen molar-refractivity contribution in [3.63, 3.8) is 0 Å². The molecular formula is C18H22N2OS. The van der Waals surface area contributed by atoms with Crippen LogP contribution in [0.5, 0.6) is 0 Å². The highest BCUT2D eigenvalue weighted by Gasteiger charge is 2.29. The molecule has 0 spiro atoms. The Morgan fingerprint density at radius 1 is 1.09 bits per heavy atom. The van der Waals surface area contributed by atoms with Gasteiger partial charge < -0.3 is 10.6 Å². The Labute approximate surface area is 134 Å². The predicted octanol–water partition coefficient (Wildman–Crippen LogP) is 3.58. The normalized spacial score (nSPS) is 16.4. The van der Waals surface area contributed by atoms with Crippen molar-refractivity contribution in [2.75, 3.05) is 18.0 Å². The Balaban J connectivity index is 2.27. The van der Waals surface area contributed by atoms with Crippen LogP contribution in [0.1, 0.15) is 23.1 Å². The highest BCUT2D eigenvalue weighted by atomic mass is 32.2. The lowest BCUT2D eigenvalue weighted by molar-refractivity contribution is 0.680. The molecule has 3 nitrogen and oxygen atoms in total. The largest absolute Gasteiger partial charge is 0.339 e. The smallest absolute Gasteiger partial charge is 0.0892 e. The fourth-order valence-electron chi connectivity index (χ4n) is 3.07. The van der Waals surface area contributed by atoms with Crippen LogP contribution in [0.4, 0.5) is 11.4 Å². The summed E-state index contributed by atoms with van der Waals surface area (Å²) in [5.74, 6) is 0. The molecule has 0 aliphatic carbocycles. The van der Waals surface area contributed by atoms with Crippen LogP contribution in [0, 0.1) is 20.8 Å². The summed E-state index contributed by atoms with van der Waals surface area (Å²) in [6.07, 6.45) is 0.909. The van der Waals surface area contributed by atoms with Crippen LogP contribution in [0.15, 0.2) is 40.1 Å². The van der Waals surface area contributed by atoms with Gasteiger partial charge in [-0.2, -0.15) is 0 Å². The maximum absolute atomic E-state index is 13.0. The molecule has 116 valence electrons. The molecule has 0 saturated carbocycles. The van der Waals surface area contributed by atoms with Gasteiger partial charge in [0.25, 0.3) is 0 Å². The van der Waals surface area contributed by atoms with E-state index in [0.29, 0.717) is 6.54 Å².